The summed E-state index contributed by atoms with van der Waals surface area (Å²) in [4.78, 5) is 6.78. The molecule has 1 aliphatic heterocycles. The van der Waals surface area contributed by atoms with Crippen molar-refractivity contribution in [2.75, 3.05) is 26.3 Å². The number of rotatable bonds is 3. The van der Waals surface area contributed by atoms with Crippen LogP contribution >= 0.6 is 11.3 Å². The van der Waals surface area contributed by atoms with Crippen molar-refractivity contribution in [2.24, 2.45) is 0 Å². The van der Waals surface area contributed by atoms with E-state index in [0.717, 1.165) is 55.7 Å². The quantitative estimate of drug-likeness (QED) is 0.860. The Labute approximate surface area is 130 Å². The molecule has 1 aromatic heterocycles. The van der Waals surface area contributed by atoms with Gasteiger partial charge in [0.1, 0.15) is 5.01 Å². The maximum atomic E-state index is 12.6. The molecule has 7 heteroatoms. The van der Waals surface area contributed by atoms with Crippen LogP contribution in [0.4, 0.5) is 13.2 Å². The first-order valence-electron chi connectivity index (χ1n) is 6.94. The first kappa shape index (κ1) is 15.5. The molecule has 0 amide bonds. The second-order valence-electron chi connectivity index (χ2n) is 5.11. The van der Waals surface area contributed by atoms with Gasteiger partial charge in [0.05, 0.1) is 24.5 Å². The van der Waals surface area contributed by atoms with E-state index >= 15 is 0 Å². The monoisotopic (exact) mass is 328 g/mol. The summed E-state index contributed by atoms with van der Waals surface area (Å²) >= 11 is 1.45. The molecular formula is C15H15F3N2OS. The molecule has 0 N–H and O–H groups in total. The summed E-state index contributed by atoms with van der Waals surface area (Å²) in [5.41, 5.74) is 1.02. The van der Waals surface area contributed by atoms with E-state index in [2.05, 4.69) is 9.88 Å². The molecule has 0 unspecified atom stereocenters. The molecule has 1 fully saturated rings. The van der Waals surface area contributed by atoms with Gasteiger partial charge in [0.15, 0.2) is 0 Å². The lowest BCUT2D eigenvalue weighted by molar-refractivity contribution is -0.137. The molecule has 0 radical (unpaired) electrons. The molecule has 2 heterocycles. The minimum atomic E-state index is -4.30. The van der Waals surface area contributed by atoms with Crippen LogP contribution in [0.2, 0.25) is 0 Å². The minimum Gasteiger partial charge on any atom is -0.379 e. The van der Waals surface area contributed by atoms with Crippen molar-refractivity contribution in [3.63, 3.8) is 0 Å². The first-order valence-corrected chi connectivity index (χ1v) is 7.82. The van der Waals surface area contributed by atoms with E-state index in [1.165, 1.54) is 23.5 Å². The molecule has 0 atom stereocenters. The van der Waals surface area contributed by atoms with Gasteiger partial charge in [-0.3, -0.25) is 4.90 Å². The Kier molecular flexibility index (Phi) is 4.46. The highest BCUT2D eigenvalue weighted by molar-refractivity contribution is 7.13. The fourth-order valence-electron chi connectivity index (χ4n) is 2.30. The Bertz CT molecular complexity index is 618. The average Bonchev–Trinajstić information content (AvgIpc) is 2.96. The van der Waals surface area contributed by atoms with E-state index in [1.807, 2.05) is 5.38 Å². The molecule has 0 aliphatic carbocycles. The first-order chi connectivity index (χ1) is 10.5. The second-order valence-corrected chi connectivity index (χ2v) is 5.97. The Morgan fingerprint density at radius 3 is 2.45 bits per heavy atom. The van der Waals surface area contributed by atoms with Crippen LogP contribution in [0, 0.1) is 0 Å². The van der Waals surface area contributed by atoms with Crippen molar-refractivity contribution < 1.29 is 17.9 Å². The predicted octanol–water partition coefficient (Wildman–Crippen LogP) is 3.66. The van der Waals surface area contributed by atoms with Crippen LogP contribution < -0.4 is 0 Å². The lowest BCUT2D eigenvalue weighted by atomic mass is 10.1. The highest BCUT2D eigenvalue weighted by Gasteiger charge is 2.30. The Hall–Kier alpha value is -1.44. The standard InChI is InChI=1S/C15H15F3N2OS/c16-15(17,18)12-3-1-11(2-4-12)14-19-13(10-22-14)9-20-5-7-21-8-6-20/h1-4,10H,5-9H2. The van der Waals surface area contributed by atoms with Gasteiger partial charge >= 0.3 is 6.18 Å². The van der Waals surface area contributed by atoms with Gasteiger partial charge in [-0.2, -0.15) is 13.2 Å². The molecule has 3 nitrogen and oxygen atoms in total. The molecule has 1 aliphatic rings. The van der Waals surface area contributed by atoms with E-state index in [0.29, 0.717) is 5.56 Å². The van der Waals surface area contributed by atoms with Crippen molar-refractivity contribution in [3.8, 4) is 10.6 Å². The van der Waals surface area contributed by atoms with Crippen LogP contribution in [0.15, 0.2) is 29.6 Å². The lowest BCUT2D eigenvalue weighted by Crippen LogP contribution is -2.35. The summed E-state index contributed by atoms with van der Waals surface area (Å²) in [7, 11) is 0. The van der Waals surface area contributed by atoms with Crippen molar-refractivity contribution in [1.82, 2.24) is 9.88 Å². The summed E-state index contributed by atoms with van der Waals surface area (Å²) in [6.07, 6.45) is -4.30. The van der Waals surface area contributed by atoms with E-state index in [1.54, 1.807) is 0 Å². The molecule has 2 aromatic rings. The summed E-state index contributed by atoms with van der Waals surface area (Å²) in [6, 6.07) is 5.14. The van der Waals surface area contributed by atoms with Crippen LogP contribution in [0.5, 0.6) is 0 Å². The average molecular weight is 328 g/mol. The van der Waals surface area contributed by atoms with Gasteiger partial charge in [0, 0.05) is 30.6 Å². The van der Waals surface area contributed by atoms with E-state index in [-0.39, 0.29) is 0 Å². The van der Waals surface area contributed by atoms with Gasteiger partial charge in [-0.25, -0.2) is 4.98 Å². The smallest absolute Gasteiger partial charge is 0.379 e. The topological polar surface area (TPSA) is 25.4 Å². The normalized spacial score (nSPS) is 16.9. The van der Waals surface area contributed by atoms with Gasteiger partial charge in [0.25, 0.3) is 0 Å². The highest BCUT2D eigenvalue weighted by atomic mass is 32.1. The maximum absolute atomic E-state index is 12.6. The van der Waals surface area contributed by atoms with Crippen molar-refractivity contribution in [2.45, 2.75) is 12.7 Å². The molecule has 1 saturated heterocycles. The Morgan fingerprint density at radius 1 is 1.14 bits per heavy atom. The zero-order chi connectivity index (χ0) is 15.6. The van der Waals surface area contributed by atoms with Gasteiger partial charge < -0.3 is 4.74 Å². The summed E-state index contributed by atoms with van der Waals surface area (Å²) < 4.78 is 43.0. The lowest BCUT2D eigenvalue weighted by Gasteiger charge is -2.25. The molecule has 118 valence electrons. The number of morpholine rings is 1. The van der Waals surface area contributed by atoms with E-state index < -0.39 is 11.7 Å². The van der Waals surface area contributed by atoms with Crippen molar-refractivity contribution in [1.29, 1.82) is 0 Å². The maximum Gasteiger partial charge on any atom is 0.416 e. The number of ether oxygens (including phenoxy) is 1. The fraction of sp³-hybridized carbons (Fsp3) is 0.400. The number of nitrogens with zero attached hydrogens (tertiary/aromatic N) is 2. The molecule has 3 rings (SSSR count). The highest BCUT2D eigenvalue weighted by Crippen LogP contribution is 2.31. The number of hydrogen-bond donors (Lipinski definition) is 0. The van der Waals surface area contributed by atoms with Crippen LogP contribution in [0.25, 0.3) is 10.6 Å². The fourth-order valence-corrected chi connectivity index (χ4v) is 3.12. The summed E-state index contributed by atoms with van der Waals surface area (Å²) in [6.45, 7) is 3.98. The molecular weight excluding hydrogens is 313 g/mol. The number of alkyl halides is 3. The van der Waals surface area contributed by atoms with Gasteiger partial charge in [-0.05, 0) is 12.1 Å². The third kappa shape index (κ3) is 3.66. The molecule has 0 saturated carbocycles. The molecule has 0 spiro atoms. The largest absolute Gasteiger partial charge is 0.416 e. The SMILES string of the molecule is FC(F)(F)c1ccc(-c2nc(CN3CCOCC3)cs2)cc1. The van der Waals surface area contributed by atoms with Crippen LogP contribution in [0.3, 0.4) is 0 Å². The molecule has 22 heavy (non-hydrogen) atoms. The Morgan fingerprint density at radius 2 is 1.82 bits per heavy atom. The Balaban J connectivity index is 1.70. The van der Waals surface area contributed by atoms with E-state index in [9.17, 15) is 13.2 Å². The number of hydrogen-bond acceptors (Lipinski definition) is 4. The van der Waals surface area contributed by atoms with E-state index in [4.69, 9.17) is 4.74 Å². The number of thiazole rings is 1. The molecule has 0 bridgehead atoms. The third-order valence-corrected chi connectivity index (χ3v) is 4.44. The number of aromatic nitrogens is 1. The summed E-state index contributed by atoms with van der Waals surface area (Å²) in [5.74, 6) is 0. The minimum absolute atomic E-state index is 0.638. The molecule has 1 aromatic carbocycles. The number of halogens is 3. The van der Waals surface area contributed by atoms with Gasteiger partial charge in [-0.1, -0.05) is 12.1 Å². The second kappa shape index (κ2) is 6.36. The summed E-state index contributed by atoms with van der Waals surface area (Å²) in [5, 5.41) is 2.71. The third-order valence-electron chi connectivity index (χ3n) is 3.50. The zero-order valence-electron chi connectivity index (χ0n) is 11.8. The van der Waals surface area contributed by atoms with Crippen LogP contribution in [0.1, 0.15) is 11.3 Å². The predicted molar refractivity (Wildman–Crippen MR) is 78.6 cm³/mol. The number of benzene rings is 1. The van der Waals surface area contributed by atoms with Crippen molar-refractivity contribution in [3.05, 3.63) is 40.9 Å². The van der Waals surface area contributed by atoms with Crippen molar-refractivity contribution >= 4 is 11.3 Å². The van der Waals surface area contributed by atoms with Gasteiger partial charge in [0.2, 0.25) is 0 Å². The van der Waals surface area contributed by atoms with Crippen LogP contribution in [-0.2, 0) is 17.5 Å². The van der Waals surface area contributed by atoms with Crippen LogP contribution in [-0.4, -0.2) is 36.2 Å². The van der Waals surface area contributed by atoms with Gasteiger partial charge in [-0.15, -0.1) is 11.3 Å². The zero-order valence-corrected chi connectivity index (χ0v) is 12.6.